The van der Waals surface area contributed by atoms with Crippen LogP contribution in [0.25, 0.3) is 0 Å². The molecule has 0 bridgehead atoms. The number of halogens is 1. The normalized spacial score (nSPS) is 33.9. The van der Waals surface area contributed by atoms with Gasteiger partial charge in [0.2, 0.25) is 17.7 Å². The Labute approximate surface area is 154 Å². The summed E-state index contributed by atoms with van der Waals surface area (Å²) in [7, 11) is 0. The molecule has 132 valence electrons. The largest absolute Gasteiger partial charge is 0.324 e. The lowest BCUT2D eigenvalue weighted by Gasteiger charge is -2.34. The Kier molecular flexibility index (Phi) is 3.29. The number of imide groups is 1. The van der Waals surface area contributed by atoms with E-state index >= 15 is 0 Å². The number of benzene rings is 1. The molecule has 6 nitrogen and oxygen atoms in total. The molecule has 25 heavy (non-hydrogen) atoms. The van der Waals surface area contributed by atoms with E-state index in [9.17, 15) is 14.4 Å². The number of amides is 3. The zero-order valence-corrected chi connectivity index (χ0v) is 16.1. The summed E-state index contributed by atoms with van der Waals surface area (Å²) in [5.74, 6) is -2.01. The van der Waals surface area contributed by atoms with Crippen LogP contribution in [0.15, 0.2) is 22.7 Å². The molecule has 3 amide bonds. The Balaban J connectivity index is 1.92. The number of carbonyl (C=O) groups excluding carboxylic acids is 3. The zero-order chi connectivity index (χ0) is 18.3. The summed E-state index contributed by atoms with van der Waals surface area (Å²) in [5, 5.41) is 6.17. The molecule has 3 aliphatic heterocycles. The van der Waals surface area contributed by atoms with Crippen LogP contribution in [0.5, 0.6) is 0 Å². The van der Waals surface area contributed by atoms with Gasteiger partial charge in [0.25, 0.3) is 0 Å². The predicted molar refractivity (Wildman–Crippen MR) is 95.6 cm³/mol. The third-order valence-corrected chi connectivity index (χ3v) is 5.99. The monoisotopic (exact) mass is 405 g/mol. The smallest absolute Gasteiger partial charge is 0.250 e. The molecule has 1 spiro atoms. The van der Waals surface area contributed by atoms with Gasteiger partial charge in [-0.2, -0.15) is 0 Å². The lowest BCUT2D eigenvalue weighted by Crippen LogP contribution is -2.55. The highest BCUT2D eigenvalue weighted by Gasteiger charge is 2.70. The first kappa shape index (κ1) is 16.7. The molecule has 2 N–H and O–H groups in total. The highest BCUT2D eigenvalue weighted by molar-refractivity contribution is 9.10. The molecule has 3 aliphatic rings. The molecule has 1 aromatic rings. The van der Waals surface area contributed by atoms with Crippen LogP contribution in [0.3, 0.4) is 0 Å². The maximum atomic E-state index is 13.3. The standard InChI is InChI=1S/C18H20BrN3O3/c1-8-12-13(15(24)22(14(12)23)17(2,3)4)18(21-8)10-7-9(19)5-6-11(10)20-16(18)25/h5-8,12-13,21H,1-4H3,(H,20,25). The Morgan fingerprint density at radius 1 is 1.16 bits per heavy atom. The van der Waals surface area contributed by atoms with E-state index in [0.29, 0.717) is 5.69 Å². The van der Waals surface area contributed by atoms with Crippen molar-refractivity contribution in [3.8, 4) is 0 Å². The zero-order valence-electron chi connectivity index (χ0n) is 14.5. The van der Waals surface area contributed by atoms with Gasteiger partial charge in [0.15, 0.2) is 0 Å². The fraction of sp³-hybridized carbons (Fsp3) is 0.500. The summed E-state index contributed by atoms with van der Waals surface area (Å²) < 4.78 is 0.824. The minimum atomic E-state index is -1.20. The van der Waals surface area contributed by atoms with Crippen molar-refractivity contribution in [2.24, 2.45) is 11.8 Å². The van der Waals surface area contributed by atoms with E-state index in [1.807, 2.05) is 45.9 Å². The summed E-state index contributed by atoms with van der Waals surface area (Å²) in [6.07, 6.45) is 0. The minimum absolute atomic E-state index is 0.198. The predicted octanol–water partition coefficient (Wildman–Crippen LogP) is 1.99. The molecule has 4 unspecified atom stereocenters. The maximum absolute atomic E-state index is 13.3. The second kappa shape index (κ2) is 4.92. The van der Waals surface area contributed by atoms with Crippen molar-refractivity contribution in [1.82, 2.24) is 10.2 Å². The second-order valence-electron chi connectivity index (χ2n) is 8.07. The minimum Gasteiger partial charge on any atom is -0.324 e. The molecule has 1 aromatic carbocycles. The number of nitrogens with one attached hydrogen (secondary N) is 2. The average Bonchev–Trinajstić information content (AvgIpc) is 3.04. The van der Waals surface area contributed by atoms with E-state index < -0.39 is 22.9 Å². The van der Waals surface area contributed by atoms with Crippen LogP contribution in [0.4, 0.5) is 5.69 Å². The summed E-state index contributed by atoms with van der Waals surface area (Å²) >= 11 is 3.44. The van der Waals surface area contributed by atoms with Gasteiger partial charge in [-0.3, -0.25) is 24.6 Å². The van der Waals surface area contributed by atoms with Crippen LogP contribution in [0.1, 0.15) is 33.3 Å². The topological polar surface area (TPSA) is 78.5 Å². The molecule has 4 rings (SSSR count). The van der Waals surface area contributed by atoms with Crippen molar-refractivity contribution in [2.75, 3.05) is 5.32 Å². The van der Waals surface area contributed by atoms with Gasteiger partial charge in [-0.25, -0.2) is 0 Å². The van der Waals surface area contributed by atoms with Crippen molar-refractivity contribution in [1.29, 1.82) is 0 Å². The number of fused-ring (bicyclic) bond motifs is 4. The average molecular weight is 406 g/mol. The van der Waals surface area contributed by atoms with Gasteiger partial charge >= 0.3 is 0 Å². The van der Waals surface area contributed by atoms with Crippen molar-refractivity contribution < 1.29 is 14.4 Å². The molecule has 0 saturated carbocycles. The van der Waals surface area contributed by atoms with Crippen LogP contribution in [-0.2, 0) is 19.9 Å². The molecule has 4 atom stereocenters. The Bertz CT molecular complexity index is 831. The Hall–Kier alpha value is -1.73. The van der Waals surface area contributed by atoms with Gasteiger partial charge in [0, 0.05) is 27.3 Å². The first-order chi connectivity index (χ1) is 11.6. The summed E-state index contributed by atoms with van der Waals surface area (Å²) in [5.41, 5.74) is -0.406. The van der Waals surface area contributed by atoms with Gasteiger partial charge in [0.05, 0.1) is 11.8 Å². The quantitative estimate of drug-likeness (QED) is 0.646. The Morgan fingerprint density at radius 2 is 1.84 bits per heavy atom. The molecule has 3 heterocycles. The van der Waals surface area contributed by atoms with Crippen LogP contribution in [0, 0.1) is 11.8 Å². The molecule has 0 radical (unpaired) electrons. The van der Waals surface area contributed by atoms with Crippen LogP contribution >= 0.6 is 15.9 Å². The number of hydrogen-bond acceptors (Lipinski definition) is 4. The van der Waals surface area contributed by atoms with Crippen molar-refractivity contribution in [3.63, 3.8) is 0 Å². The second-order valence-corrected chi connectivity index (χ2v) is 8.99. The highest BCUT2D eigenvalue weighted by atomic mass is 79.9. The molecular formula is C18H20BrN3O3. The van der Waals surface area contributed by atoms with E-state index in [1.165, 1.54) is 4.90 Å². The van der Waals surface area contributed by atoms with Crippen molar-refractivity contribution in [3.05, 3.63) is 28.2 Å². The van der Waals surface area contributed by atoms with Gasteiger partial charge in [-0.05, 0) is 45.9 Å². The van der Waals surface area contributed by atoms with Gasteiger partial charge < -0.3 is 5.32 Å². The van der Waals surface area contributed by atoms with E-state index in [4.69, 9.17) is 0 Å². The van der Waals surface area contributed by atoms with Crippen molar-refractivity contribution in [2.45, 2.75) is 44.8 Å². The van der Waals surface area contributed by atoms with Crippen LogP contribution < -0.4 is 10.6 Å². The van der Waals surface area contributed by atoms with Gasteiger partial charge in [-0.15, -0.1) is 0 Å². The number of anilines is 1. The number of rotatable bonds is 0. The molecule has 7 heteroatoms. The van der Waals surface area contributed by atoms with E-state index in [2.05, 4.69) is 26.6 Å². The van der Waals surface area contributed by atoms with Crippen LogP contribution in [0.2, 0.25) is 0 Å². The lowest BCUT2D eigenvalue weighted by atomic mass is 9.76. The number of likely N-dealkylation sites (tertiary alicyclic amines) is 1. The summed E-state index contributed by atoms with van der Waals surface area (Å²) in [6.45, 7) is 7.39. The molecule has 0 aliphatic carbocycles. The van der Waals surface area contributed by atoms with E-state index in [1.54, 1.807) is 0 Å². The Morgan fingerprint density at radius 3 is 2.48 bits per heavy atom. The molecular weight excluding hydrogens is 386 g/mol. The third-order valence-electron chi connectivity index (χ3n) is 5.50. The summed E-state index contributed by atoms with van der Waals surface area (Å²) in [4.78, 5) is 40.6. The van der Waals surface area contributed by atoms with Crippen LogP contribution in [-0.4, -0.2) is 34.2 Å². The SMILES string of the molecule is CC1NC2(C(=O)Nc3ccc(Br)cc32)C2C(=O)N(C(C)(C)C)C(=O)C12. The fourth-order valence-electron chi connectivity index (χ4n) is 4.60. The molecule has 0 aromatic heterocycles. The van der Waals surface area contributed by atoms with Gasteiger partial charge in [0.1, 0.15) is 5.54 Å². The number of carbonyl (C=O) groups is 3. The first-order valence-corrected chi connectivity index (χ1v) is 9.15. The molecule has 2 fully saturated rings. The first-order valence-electron chi connectivity index (χ1n) is 8.36. The number of nitrogens with zero attached hydrogens (tertiary/aromatic N) is 1. The third kappa shape index (κ3) is 1.96. The highest BCUT2D eigenvalue weighted by Crippen LogP contribution is 2.54. The molecule has 2 saturated heterocycles. The van der Waals surface area contributed by atoms with E-state index in [-0.39, 0.29) is 23.8 Å². The number of hydrogen-bond donors (Lipinski definition) is 2. The fourth-order valence-corrected chi connectivity index (χ4v) is 4.96. The summed E-state index contributed by atoms with van der Waals surface area (Å²) in [6, 6.07) is 5.24. The van der Waals surface area contributed by atoms with Crippen molar-refractivity contribution >= 4 is 39.3 Å². The maximum Gasteiger partial charge on any atom is 0.250 e. The van der Waals surface area contributed by atoms with E-state index in [0.717, 1.165) is 10.0 Å². The lowest BCUT2D eigenvalue weighted by molar-refractivity contribution is -0.147. The van der Waals surface area contributed by atoms with Gasteiger partial charge in [-0.1, -0.05) is 15.9 Å².